The molecule has 1 fully saturated rings. The molecule has 31 heavy (non-hydrogen) atoms. The van der Waals surface area contributed by atoms with Crippen molar-refractivity contribution in [2.24, 2.45) is 0 Å². The molecule has 12 heteroatoms. The number of amides is 3. The zero-order valence-electron chi connectivity index (χ0n) is 18.3. The van der Waals surface area contributed by atoms with Crippen LogP contribution in [-0.4, -0.2) is 78.8 Å². The Bertz CT molecular complexity index is 678. The molecule has 9 nitrogen and oxygen atoms in total. The Morgan fingerprint density at radius 2 is 1.77 bits per heavy atom. The minimum Gasteiger partial charge on any atom is -0.444 e. The fourth-order valence-electron chi connectivity index (χ4n) is 3.03. The fraction of sp³-hybridized carbons (Fsp3) is 0.789. The molecule has 178 valence electrons. The van der Waals surface area contributed by atoms with Crippen LogP contribution in [0.3, 0.4) is 0 Å². The van der Waals surface area contributed by atoms with E-state index in [4.69, 9.17) is 9.47 Å². The first kappa shape index (κ1) is 26.7. The van der Waals surface area contributed by atoms with Crippen LogP contribution in [0.1, 0.15) is 47.0 Å². The number of nitrogens with zero attached hydrogens (tertiary/aromatic N) is 1. The second-order valence-electron chi connectivity index (χ2n) is 8.21. The number of halogens is 3. The summed E-state index contributed by atoms with van der Waals surface area (Å²) < 4.78 is 48.5. The number of alkyl halides is 3. The highest BCUT2D eigenvalue weighted by Crippen LogP contribution is 2.22. The molecule has 1 aliphatic heterocycles. The maximum Gasteiger partial charge on any atom is 0.452 e. The second kappa shape index (κ2) is 10.8. The first-order chi connectivity index (χ1) is 14.2. The van der Waals surface area contributed by atoms with Gasteiger partial charge in [-0.1, -0.05) is 0 Å². The van der Waals surface area contributed by atoms with Crippen molar-refractivity contribution < 1.29 is 41.8 Å². The van der Waals surface area contributed by atoms with Gasteiger partial charge in [-0.25, -0.2) is 4.79 Å². The van der Waals surface area contributed by atoms with Crippen LogP contribution in [0, 0.1) is 0 Å². The Hall–Kier alpha value is -2.37. The van der Waals surface area contributed by atoms with E-state index >= 15 is 0 Å². The molecule has 0 aromatic carbocycles. The predicted molar refractivity (Wildman–Crippen MR) is 103 cm³/mol. The lowest BCUT2D eigenvalue weighted by Crippen LogP contribution is -2.57. The van der Waals surface area contributed by atoms with E-state index < -0.39 is 53.7 Å². The van der Waals surface area contributed by atoms with Gasteiger partial charge in [0, 0.05) is 26.6 Å². The number of ketones is 1. The molecule has 0 aliphatic carbocycles. The SMILES string of the molecule is COC(C)C(NC(=O)[C@@H]1CCCN1C(=O)CCNC(=O)OC(C)(C)C)C(=O)C(F)(F)F. The summed E-state index contributed by atoms with van der Waals surface area (Å²) in [5.41, 5.74) is -0.698. The number of hydrogen-bond acceptors (Lipinski definition) is 6. The van der Waals surface area contributed by atoms with Crippen molar-refractivity contribution in [2.45, 2.75) is 76.9 Å². The third kappa shape index (κ3) is 8.35. The molecule has 1 rings (SSSR count). The lowest BCUT2D eigenvalue weighted by molar-refractivity contribution is -0.177. The summed E-state index contributed by atoms with van der Waals surface area (Å²) >= 11 is 0. The molecule has 0 saturated carbocycles. The Kier molecular flexibility index (Phi) is 9.27. The summed E-state index contributed by atoms with van der Waals surface area (Å²) in [6.45, 7) is 6.50. The van der Waals surface area contributed by atoms with Crippen molar-refractivity contribution in [2.75, 3.05) is 20.2 Å². The van der Waals surface area contributed by atoms with Crippen molar-refractivity contribution in [1.82, 2.24) is 15.5 Å². The smallest absolute Gasteiger partial charge is 0.444 e. The summed E-state index contributed by atoms with van der Waals surface area (Å²) in [6, 6.07) is -2.94. The Balaban J connectivity index is 2.72. The number of likely N-dealkylation sites (tertiary alicyclic amines) is 1. The van der Waals surface area contributed by atoms with E-state index in [0.717, 1.165) is 7.11 Å². The fourth-order valence-corrected chi connectivity index (χ4v) is 3.03. The zero-order chi connectivity index (χ0) is 24.0. The van der Waals surface area contributed by atoms with E-state index in [1.54, 1.807) is 20.8 Å². The van der Waals surface area contributed by atoms with Gasteiger partial charge in [0.25, 0.3) is 5.78 Å². The first-order valence-electron chi connectivity index (χ1n) is 9.88. The zero-order valence-corrected chi connectivity index (χ0v) is 18.3. The number of alkyl carbamates (subject to hydrolysis) is 1. The number of carbonyl (C=O) groups is 4. The second-order valence-corrected chi connectivity index (χ2v) is 8.21. The number of carbonyl (C=O) groups excluding carboxylic acids is 4. The van der Waals surface area contributed by atoms with Crippen LogP contribution in [-0.2, 0) is 23.9 Å². The number of hydrogen-bond donors (Lipinski definition) is 2. The standard InChI is InChI=1S/C19H30F3N3O6/c1-11(30-5)14(15(27)19(20,21)22)24-16(28)12-7-6-10-25(12)13(26)8-9-23-17(29)31-18(2,3)4/h11-12,14H,6-10H2,1-5H3,(H,23,29)(H,24,28)/t11?,12-,14?/m0/s1. The average Bonchev–Trinajstić information content (AvgIpc) is 3.12. The first-order valence-corrected chi connectivity index (χ1v) is 9.88. The van der Waals surface area contributed by atoms with E-state index in [1.807, 2.05) is 0 Å². The highest BCUT2D eigenvalue weighted by molar-refractivity contribution is 5.95. The monoisotopic (exact) mass is 453 g/mol. The maximum absolute atomic E-state index is 12.9. The number of nitrogens with one attached hydrogen (secondary N) is 2. The Morgan fingerprint density at radius 1 is 1.16 bits per heavy atom. The van der Waals surface area contributed by atoms with Crippen molar-refractivity contribution in [3.8, 4) is 0 Å². The summed E-state index contributed by atoms with van der Waals surface area (Å²) in [6.07, 6.45) is -6.47. The highest BCUT2D eigenvalue weighted by Gasteiger charge is 2.47. The van der Waals surface area contributed by atoms with E-state index in [0.29, 0.717) is 6.42 Å². The van der Waals surface area contributed by atoms with Crippen molar-refractivity contribution in [3.05, 3.63) is 0 Å². The van der Waals surface area contributed by atoms with Gasteiger partial charge < -0.3 is 25.0 Å². The van der Waals surface area contributed by atoms with Crippen molar-refractivity contribution >= 4 is 23.7 Å². The van der Waals surface area contributed by atoms with Gasteiger partial charge in [-0.3, -0.25) is 14.4 Å². The van der Waals surface area contributed by atoms with Gasteiger partial charge in [-0.15, -0.1) is 0 Å². The molecule has 1 heterocycles. The molecule has 2 N–H and O–H groups in total. The summed E-state index contributed by atoms with van der Waals surface area (Å²) in [7, 11) is 1.12. The molecule has 3 atom stereocenters. The third-order valence-corrected chi connectivity index (χ3v) is 4.58. The van der Waals surface area contributed by atoms with E-state index in [1.165, 1.54) is 11.8 Å². The number of ether oxygens (including phenoxy) is 2. The minimum absolute atomic E-state index is 0.0333. The van der Waals surface area contributed by atoms with Crippen molar-refractivity contribution in [3.63, 3.8) is 0 Å². The third-order valence-electron chi connectivity index (χ3n) is 4.58. The van der Waals surface area contributed by atoms with Gasteiger partial charge in [0.1, 0.15) is 17.7 Å². The molecule has 3 amide bonds. The van der Waals surface area contributed by atoms with Gasteiger partial charge in [0.05, 0.1) is 6.10 Å². The van der Waals surface area contributed by atoms with Crippen LogP contribution in [0.5, 0.6) is 0 Å². The molecular formula is C19H30F3N3O6. The van der Waals surface area contributed by atoms with Crippen LogP contribution in [0.15, 0.2) is 0 Å². The van der Waals surface area contributed by atoms with Crippen LogP contribution in [0.2, 0.25) is 0 Å². The van der Waals surface area contributed by atoms with Crippen LogP contribution in [0.25, 0.3) is 0 Å². The number of Topliss-reactive ketones (excluding diaryl/α,β-unsaturated/α-hetero) is 1. The topological polar surface area (TPSA) is 114 Å². The Morgan fingerprint density at radius 3 is 2.29 bits per heavy atom. The molecule has 1 saturated heterocycles. The van der Waals surface area contributed by atoms with Gasteiger partial charge in [0.2, 0.25) is 11.8 Å². The van der Waals surface area contributed by atoms with Crippen LogP contribution >= 0.6 is 0 Å². The summed E-state index contributed by atoms with van der Waals surface area (Å²) in [5.74, 6) is -3.45. The molecule has 0 bridgehead atoms. The molecule has 0 aromatic heterocycles. The van der Waals surface area contributed by atoms with Gasteiger partial charge in [0.15, 0.2) is 0 Å². The van der Waals surface area contributed by atoms with Crippen LogP contribution in [0.4, 0.5) is 18.0 Å². The molecule has 0 aromatic rings. The molecule has 0 spiro atoms. The lowest BCUT2D eigenvalue weighted by atomic mass is 10.1. The summed E-state index contributed by atoms with van der Waals surface area (Å²) in [4.78, 5) is 49.6. The minimum atomic E-state index is -5.15. The van der Waals surface area contributed by atoms with Gasteiger partial charge in [-0.05, 0) is 40.5 Å². The highest BCUT2D eigenvalue weighted by atomic mass is 19.4. The van der Waals surface area contributed by atoms with E-state index in [-0.39, 0.29) is 25.9 Å². The maximum atomic E-state index is 12.9. The van der Waals surface area contributed by atoms with Gasteiger partial charge in [-0.2, -0.15) is 13.2 Å². The quantitative estimate of drug-likeness (QED) is 0.576. The average molecular weight is 453 g/mol. The van der Waals surface area contributed by atoms with Gasteiger partial charge >= 0.3 is 12.3 Å². The van der Waals surface area contributed by atoms with E-state index in [9.17, 15) is 32.3 Å². The largest absolute Gasteiger partial charge is 0.452 e. The predicted octanol–water partition coefficient (Wildman–Crippen LogP) is 1.54. The molecule has 2 unspecified atom stereocenters. The number of methoxy groups -OCH3 is 1. The van der Waals surface area contributed by atoms with Crippen molar-refractivity contribution in [1.29, 1.82) is 0 Å². The van der Waals surface area contributed by atoms with E-state index in [2.05, 4.69) is 10.6 Å². The normalized spacial score (nSPS) is 18.8. The summed E-state index contributed by atoms with van der Waals surface area (Å²) in [5, 5.41) is 4.51. The molecule has 0 radical (unpaired) electrons. The lowest BCUT2D eigenvalue weighted by Gasteiger charge is -2.28. The number of rotatable bonds is 8. The Labute approximate surface area is 179 Å². The molecule has 1 aliphatic rings. The molecular weight excluding hydrogens is 423 g/mol. The van der Waals surface area contributed by atoms with Crippen LogP contribution < -0.4 is 10.6 Å².